The van der Waals surface area contributed by atoms with Gasteiger partial charge in [-0.3, -0.25) is 4.79 Å². The molecule has 1 amide bonds. The van der Waals surface area contributed by atoms with Crippen LogP contribution in [0.15, 0.2) is 0 Å². The molecule has 1 rings (SSSR count). The Morgan fingerprint density at radius 3 is 2.87 bits per heavy atom. The number of carbonyl (C=O) groups excluding carboxylic acids is 1. The molecule has 1 aliphatic heterocycles. The minimum absolute atomic E-state index is 0.0800. The van der Waals surface area contributed by atoms with E-state index in [-0.39, 0.29) is 17.4 Å². The van der Waals surface area contributed by atoms with E-state index in [4.69, 9.17) is 4.74 Å². The molecule has 1 atom stereocenters. The Hall–Kier alpha value is -0.610. The second-order valence-electron chi connectivity index (χ2n) is 5.02. The standard InChI is InChI=1S/C11H22N2O2/c1-9-10(14)13(5-6-15-4)8-11(2,3)7-12-9/h9,12H,5-8H2,1-4H3. The first-order valence-corrected chi connectivity index (χ1v) is 5.47. The summed E-state index contributed by atoms with van der Waals surface area (Å²) >= 11 is 0. The molecular weight excluding hydrogens is 192 g/mol. The molecular formula is C11H22N2O2. The minimum atomic E-state index is -0.0800. The molecule has 1 aliphatic rings. The highest BCUT2D eigenvalue weighted by atomic mass is 16.5. The molecule has 1 fully saturated rings. The normalized spacial score (nSPS) is 26.5. The van der Waals surface area contributed by atoms with Gasteiger partial charge in [-0.15, -0.1) is 0 Å². The lowest BCUT2D eigenvalue weighted by atomic mass is 9.93. The van der Waals surface area contributed by atoms with E-state index in [1.165, 1.54) is 0 Å². The van der Waals surface area contributed by atoms with Gasteiger partial charge in [0.1, 0.15) is 0 Å². The Labute approximate surface area is 92.0 Å². The van der Waals surface area contributed by atoms with Crippen LogP contribution in [-0.2, 0) is 9.53 Å². The first-order valence-electron chi connectivity index (χ1n) is 5.47. The van der Waals surface area contributed by atoms with Crippen LogP contribution < -0.4 is 5.32 Å². The predicted octanol–water partition coefficient (Wildman–Crippen LogP) is 0.479. The largest absolute Gasteiger partial charge is 0.383 e. The number of hydrogen-bond donors (Lipinski definition) is 1. The molecule has 0 spiro atoms. The highest BCUT2D eigenvalue weighted by Gasteiger charge is 2.31. The first kappa shape index (κ1) is 12.5. The van der Waals surface area contributed by atoms with Gasteiger partial charge in [0.15, 0.2) is 0 Å². The van der Waals surface area contributed by atoms with Crippen molar-refractivity contribution in [2.45, 2.75) is 26.8 Å². The van der Waals surface area contributed by atoms with Crippen LogP contribution in [0.2, 0.25) is 0 Å². The molecule has 0 bridgehead atoms. The monoisotopic (exact) mass is 214 g/mol. The SMILES string of the molecule is COCCN1CC(C)(C)CNC(C)C1=O. The molecule has 0 aromatic rings. The summed E-state index contributed by atoms with van der Waals surface area (Å²) in [4.78, 5) is 13.8. The number of carbonyl (C=O) groups is 1. The van der Waals surface area contributed by atoms with E-state index in [2.05, 4.69) is 19.2 Å². The third kappa shape index (κ3) is 3.47. The Bertz CT molecular complexity index is 229. The lowest BCUT2D eigenvalue weighted by Crippen LogP contribution is -2.43. The van der Waals surface area contributed by atoms with Crippen molar-refractivity contribution in [2.24, 2.45) is 5.41 Å². The maximum Gasteiger partial charge on any atom is 0.239 e. The number of nitrogens with zero attached hydrogens (tertiary/aromatic N) is 1. The maximum absolute atomic E-state index is 11.9. The summed E-state index contributed by atoms with van der Waals surface area (Å²) in [5.41, 5.74) is 0.133. The van der Waals surface area contributed by atoms with Crippen LogP contribution in [0.25, 0.3) is 0 Å². The van der Waals surface area contributed by atoms with E-state index in [0.29, 0.717) is 13.2 Å². The van der Waals surface area contributed by atoms with Crippen LogP contribution in [0.3, 0.4) is 0 Å². The Morgan fingerprint density at radius 2 is 2.27 bits per heavy atom. The quantitative estimate of drug-likeness (QED) is 0.743. The maximum atomic E-state index is 11.9. The zero-order valence-electron chi connectivity index (χ0n) is 10.2. The number of methoxy groups -OCH3 is 1. The topological polar surface area (TPSA) is 41.6 Å². The van der Waals surface area contributed by atoms with Crippen LogP contribution >= 0.6 is 0 Å². The van der Waals surface area contributed by atoms with E-state index in [9.17, 15) is 4.79 Å². The zero-order chi connectivity index (χ0) is 11.5. The Morgan fingerprint density at radius 1 is 1.60 bits per heavy atom. The third-order valence-electron chi connectivity index (χ3n) is 2.75. The van der Waals surface area contributed by atoms with Crippen molar-refractivity contribution in [1.82, 2.24) is 10.2 Å². The molecule has 4 nitrogen and oxygen atoms in total. The van der Waals surface area contributed by atoms with Gasteiger partial charge < -0.3 is 15.0 Å². The lowest BCUT2D eigenvalue weighted by Gasteiger charge is -2.29. The van der Waals surface area contributed by atoms with Gasteiger partial charge in [-0.05, 0) is 12.3 Å². The zero-order valence-corrected chi connectivity index (χ0v) is 10.2. The van der Waals surface area contributed by atoms with Gasteiger partial charge in [0.25, 0.3) is 0 Å². The molecule has 0 aromatic carbocycles. The van der Waals surface area contributed by atoms with E-state index >= 15 is 0 Å². The second kappa shape index (κ2) is 4.94. The fraction of sp³-hybridized carbons (Fsp3) is 0.909. The molecule has 88 valence electrons. The number of nitrogens with one attached hydrogen (secondary N) is 1. The Balaban J connectivity index is 2.67. The summed E-state index contributed by atoms with van der Waals surface area (Å²) in [6, 6.07) is -0.0800. The fourth-order valence-corrected chi connectivity index (χ4v) is 1.83. The van der Waals surface area contributed by atoms with Gasteiger partial charge in [0, 0.05) is 26.7 Å². The van der Waals surface area contributed by atoms with Gasteiger partial charge in [-0.2, -0.15) is 0 Å². The van der Waals surface area contributed by atoms with E-state index in [1.54, 1.807) is 7.11 Å². The molecule has 1 saturated heterocycles. The average Bonchev–Trinajstić information content (AvgIpc) is 2.27. The first-order chi connectivity index (χ1) is 6.96. The van der Waals surface area contributed by atoms with E-state index in [1.807, 2.05) is 11.8 Å². The van der Waals surface area contributed by atoms with Crippen molar-refractivity contribution in [2.75, 3.05) is 33.4 Å². The predicted molar refractivity (Wildman–Crippen MR) is 59.7 cm³/mol. The Kier molecular flexibility index (Phi) is 4.11. The number of amides is 1. The highest BCUT2D eigenvalue weighted by molar-refractivity contribution is 5.81. The lowest BCUT2D eigenvalue weighted by molar-refractivity contribution is -0.133. The van der Waals surface area contributed by atoms with Crippen LogP contribution in [0.1, 0.15) is 20.8 Å². The van der Waals surface area contributed by atoms with Gasteiger partial charge >= 0.3 is 0 Å². The number of ether oxygens (including phenoxy) is 1. The molecule has 1 unspecified atom stereocenters. The highest BCUT2D eigenvalue weighted by Crippen LogP contribution is 2.19. The molecule has 1 N–H and O–H groups in total. The molecule has 0 saturated carbocycles. The smallest absolute Gasteiger partial charge is 0.239 e. The summed E-state index contributed by atoms with van der Waals surface area (Å²) in [6.45, 7) is 9.23. The number of hydrogen-bond acceptors (Lipinski definition) is 3. The van der Waals surface area contributed by atoms with Crippen LogP contribution in [0.5, 0.6) is 0 Å². The molecule has 15 heavy (non-hydrogen) atoms. The van der Waals surface area contributed by atoms with E-state index in [0.717, 1.165) is 13.1 Å². The van der Waals surface area contributed by atoms with Crippen molar-refractivity contribution < 1.29 is 9.53 Å². The van der Waals surface area contributed by atoms with Crippen molar-refractivity contribution in [3.8, 4) is 0 Å². The molecule has 4 heteroatoms. The summed E-state index contributed by atoms with van der Waals surface area (Å²) in [6.07, 6.45) is 0. The van der Waals surface area contributed by atoms with Gasteiger partial charge in [-0.25, -0.2) is 0 Å². The van der Waals surface area contributed by atoms with Gasteiger partial charge in [-0.1, -0.05) is 13.8 Å². The van der Waals surface area contributed by atoms with Crippen LogP contribution in [0.4, 0.5) is 0 Å². The van der Waals surface area contributed by atoms with Crippen molar-refractivity contribution in [1.29, 1.82) is 0 Å². The average molecular weight is 214 g/mol. The summed E-state index contributed by atoms with van der Waals surface area (Å²) in [7, 11) is 1.66. The molecule has 0 aliphatic carbocycles. The van der Waals surface area contributed by atoms with Gasteiger partial charge in [0.05, 0.1) is 12.6 Å². The fourth-order valence-electron chi connectivity index (χ4n) is 1.83. The number of rotatable bonds is 3. The van der Waals surface area contributed by atoms with E-state index < -0.39 is 0 Å². The summed E-state index contributed by atoms with van der Waals surface area (Å²) < 4.78 is 5.02. The summed E-state index contributed by atoms with van der Waals surface area (Å²) in [5.74, 6) is 0.178. The molecule has 0 aromatic heterocycles. The van der Waals surface area contributed by atoms with Crippen molar-refractivity contribution in [3.63, 3.8) is 0 Å². The van der Waals surface area contributed by atoms with Crippen LogP contribution in [0, 0.1) is 5.41 Å². The second-order valence-corrected chi connectivity index (χ2v) is 5.02. The van der Waals surface area contributed by atoms with Crippen LogP contribution in [-0.4, -0.2) is 50.2 Å². The molecule has 0 radical (unpaired) electrons. The third-order valence-corrected chi connectivity index (χ3v) is 2.75. The van der Waals surface area contributed by atoms with Gasteiger partial charge in [0.2, 0.25) is 5.91 Å². The minimum Gasteiger partial charge on any atom is -0.383 e. The van der Waals surface area contributed by atoms with Crippen molar-refractivity contribution in [3.05, 3.63) is 0 Å². The summed E-state index contributed by atoms with van der Waals surface area (Å²) in [5, 5.41) is 3.26. The van der Waals surface area contributed by atoms with Crippen molar-refractivity contribution >= 4 is 5.91 Å². The molecule has 1 heterocycles.